The van der Waals surface area contributed by atoms with Crippen LogP contribution in [0.25, 0.3) is 11.3 Å². The number of pyridine rings is 1. The predicted octanol–water partition coefficient (Wildman–Crippen LogP) is 1.97. The first-order chi connectivity index (χ1) is 7.75. The summed E-state index contributed by atoms with van der Waals surface area (Å²) in [5.74, 6) is 0. The van der Waals surface area contributed by atoms with E-state index in [-0.39, 0.29) is 0 Å². The van der Waals surface area contributed by atoms with E-state index in [0.717, 1.165) is 23.5 Å². The SMILES string of the molecule is CC(C)NCc1cc(-c2ccncc2)n[nH]1. The third-order valence-corrected chi connectivity index (χ3v) is 2.31. The zero-order valence-corrected chi connectivity index (χ0v) is 9.57. The molecule has 0 aliphatic heterocycles. The maximum atomic E-state index is 4.27. The number of hydrogen-bond acceptors (Lipinski definition) is 3. The van der Waals surface area contributed by atoms with Gasteiger partial charge in [-0.3, -0.25) is 10.1 Å². The van der Waals surface area contributed by atoms with Crippen molar-refractivity contribution in [3.05, 3.63) is 36.3 Å². The van der Waals surface area contributed by atoms with Crippen LogP contribution in [0.4, 0.5) is 0 Å². The molecule has 0 aliphatic rings. The first kappa shape index (κ1) is 10.8. The molecular formula is C12H16N4. The Morgan fingerprint density at radius 1 is 1.31 bits per heavy atom. The summed E-state index contributed by atoms with van der Waals surface area (Å²) in [6, 6.07) is 6.45. The summed E-state index contributed by atoms with van der Waals surface area (Å²) >= 11 is 0. The molecule has 2 aromatic heterocycles. The molecule has 0 atom stereocenters. The maximum absolute atomic E-state index is 4.27. The lowest BCUT2D eigenvalue weighted by Crippen LogP contribution is -2.21. The highest BCUT2D eigenvalue weighted by molar-refractivity contribution is 5.58. The van der Waals surface area contributed by atoms with Crippen LogP contribution in [0.2, 0.25) is 0 Å². The van der Waals surface area contributed by atoms with Crippen molar-refractivity contribution in [3.8, 4) is 11.3 Å². The molecule has 4 nitrogen and oxygen atoms in total. The Labute approximate surface area is 95.1 Å². The van der Waals surface area contributed by atoms with E-state index in [1.54, 1.807) is 12.4 Å². The lowest BCUT2D eigenvalue weighted by molar-refractivity contribution is 0.580. The number of aromatic nitrogens is 3. The highest BCUT2D eigenvalue weighted by atomic mass is 15.1. The van der Waals surface area contributed by atoms with Crippen LogP contribution in [-0.4, -0.2) is 21.2 Å². The van der Waals surface area contributed by atoms with E-state index in [9.17, 15) is 0 Å². The first-order valence-corrected chi connectivity index (χ1v) is 5.44. The van der Waals surface area contributed by atoms with E-state index in [1.165, 1.54) is 0 Å². The largest absolute Gasteiger partial charge is 0.309 e. The van der Waals surface area contributed by atoms with Crippen molar-refractivity contribution in [3.63, 3.8) is 0 Å². The summed E-state index contributed by atoms with van der Waals surface area (Å²) in [6.07, 6.45) is 3.55. The van der Waals surface area contributed by atoms with Crippen molar-refractivity contribution < 1.29 is 0 Å². The fourth-order valence-corrected chi connectivity index (χ4v) is 1.44. The molecule has 84 valence electrons. The second-order valence-corrected chi connectivity index (χ2v) is 4.05. The molecule has 2 N–H and O–H groups in total. The van der Waals surface area contributed by atoms with Crippen LogP contribution in [0, 0.1) is 0 Å². The van der Waals surface area contributed by atoms with Gasteiger partial charge in [-0.2, -0.15) is 5.10 Å². The Kier molecular flexibility index (Phi) is 3.31. The van der Waals surface area contributed by atoms with Gasteiger partial charge in [0.05, 0.1) is 5.69 Å². The van der Waals surface area contributed by atoms with Gasteiger partial charge in [0, 0.05) is 36.2 Å². The molecule has 0 unspecified atom stereocenters. The van der Waals surface area contributed by atoms with Gasteiger partial charge in [-0.25, -0.2) is 0 Å². The Morgan fingerprint density at radius 2 is 2.06 bits per heavy atom. The van der Waals surface area contributed by atoms with E-state index >= 15 is 0 Å². The Balaban J connectivity index is 2.08. The second kappa shape index (κ2) is 4.90. The second-order valence-electron chi connectivity index (χ2n) is 4.05. The van der Waals surface area contributed by atoms with Gasteiger partial charge >= 0.3 is 0 Å². The third kappa shape index (κ3) is 2.67. The van der Waals surface area contributed by atoms with Crippen LogP contribution in [0.1, 0.15) is 19.5 Å². The van der Waals surface area contributed by atoms with Gasteiger partial charge in [-0.1, -0.05) is 13.8 Å². The average Bonchev–Trinajstić information content (AvgIpc) is 2.76. The maximum Gasteiger partial charge on any atom is 0.0925 e. The fraction of sp³-hybridized carbons (Fsp3) is 0.333. The van der Waals surface area contributed by atoms with Gasteiger partial charge < -0.3 is 5.32 Å². The van der Waals surface area contributed by atoms with E-state index in [0.29, 0.717) is 6.04 Å². The van der Waals surface area contributed by atoms with Crippen LogP contribution >= 0.6 is 0 Å². The summed E-state index contributed by atoms with van der Waals surface area (Å²) in [7, 11) is 0. The van der Waals surface area contributed by atoms with Gasteiger partial charge in [0.25, 0.3) is 0 Å². The van der Waals surface area contributed by atoms with Crippen molar-refractivity contribution in [2.75, 3.05) is 0 Å². The van der Waals surface area contributed by atoms with Crippen molar-refractivity contribution in [1.29, 1.82) is 0 Å². The minimum atomic E-state index is 0.479. The van der Waals surface area contributed by atoms with Crippen LogP contribution in [-0.2, 0) is 6.54 Å². The summed E-state index contributed by atoms with van der Waals surface area (Å²) in [5, 5.41) is 10.6. The highest BCUT2D eigenvalue weighted by Crippen LogP contribution is 2.15. The van der Waals surface area contributed by atoms with E-state index in [1.807, 2.05) is 12.1 Å². The number of nitrogens with zero attached hydrogens (tertiary/aromatic N) is 2. The van der Waals surface area contributed by atoms with Gasteiger partial charge in [0.2, 0.25) is 0 Å². The first-order valence-electron chi connectivity index (χ1n) is 5.44. The quantitative estimate of drug-likeness (QED) is 0.821. The van der Waals surface area contributed by atoms with Crippen LogP contribution < -0.4 is 5.32 Å². The van der Waals surface area contributed by atoms with E-state index in [2.05, 4.69) is 40.4 Å². The zero-order valence-electron chi connectivity index (χ0n) is 9.57. The molecule has 0 saturated carbocycles. The van der Waals surface area contributed by atoms with E-state index < -0.39 is 0 Å². The summed E-state index contributed by atoms with van der Waals surface area (Å²) < 4.78 is 0. The highest BCUT2D eigenvalue weighted by Gasteiger charge is 2.03. The molecule has 2 heterocycles. The smallest absolute Gasteiger partial charge is 0.0925 e. The Morgan fingerprint density at radius 3 is 2.75 bits per heavy atom. The predicted molar refractivity (Wildman–Crippen MR) is 63.8 cm³/mol. The van der Waals surface area contributed by atoms with Crippen molar-refractivity contribution in [1.82, 2.24) is 20.5 Å². The van der Waals surface area contributed by atoms with Crippen molar-refractivity contribution >= 4 is 0 Å². The monoisotopic (exact) mass is 216 g/mol. The summed E-state index contributed by atoms with van der Waals surface area (Å²) in [4.78, 5) is 3.99. The van der Waals surface area contributed by atoms with Crippen molar-refractivity contribution in [2.24, 2.45) is 0 Å². The summed E-state index contributed by atoms with van der Waals surface area (Å²) in [6.45, 7) is 5.07. The molecular weight excluding hydrogens is 200 g/mol. The minimum absolute atomic E-state index is 0.479. The van der Waals surface area contributed by atoms with Gasteiger partial charge in [-0.15, -0.1) is 0 Å². The number of hydrogen-bond donors (Lipinski definition) is 2. The standard InChI is InChI=1S/C12H16N4/c1-9(2)14-8-11-7-12(16-15-11)10-3-5-13-6-4-10/h3-7,9,14H,8H2,1-2H3,(H,15,16). The molecule has 0 saturated heterocycles. The lowest BCUT2D eigenvalue weighted by atomic mass is 10.2. The van der Waals surface area contributed by atoms with Gasteiger partial charge in [0.15, 0.2) is 0 Å². The molecule has 0 amide bonds. The van der Waals surface area contributed by atoms with Crippen LogP contribution in [0.5, 0.6) is 0 Å². The van der Waals surface area contributed by atoms with E-state index in [4.69, 9.17) is 0 Å². The average molecular weight is 216 g/mol. The third-order valence-electron chi connectivity index (χ3n) is 2.31. The molecule has 2 aromatic rings. The number of nitrogens with one attached hydrogen (secondary N) is 2. The topological polar surface area (TPSA) is 53.6 Å². The molecule has 4 heteroatoms. The molecule has 0 bridgehead atoms. The van der Waals surface area contributed by atoms with Gasteiger partial charge in [0.1, 0.15) is 0 Å². The van der Waals surface area contributed by atoms with Crippen LogP contribution in [0.3, 0.4) is 0 Å². The molecule has 16 heavy (non-hydrogen) atoms. The molecule has 0 fully saturated rings. The number of H-pyrrole nitrogens is 1. The Bertz CT molecular complexity index is 433. The van der Waals surface area contributed by atoms with Crippen molar-refractivity contribution in [2.45, 2.75) is 26.4 Å². The molecule has 0 radical (unpaired) electrons. The lowest BCUT2D eigenvalue weighted by Gasteiger charge is -2.04. The zero-order chi connectivity index (χ0) is 11.4. The molecule has 2 rings (SSSR count). The summed E-state index contributed by atoms with van der Waals surface area (Å²) in [5.41, 5.74) is 3.14. The molecule has 0 spiro atoms. The van der Waals surface area contributed by atoms with Gasteiger partial charge in [-0.05, 0) is 18.2 Å². The molecule has 0 aliphatic carbocycles. The van der Waals surface area contributed by atoms with Crippen LogP contribution in [0.15, 0.2) is 30.6 Å². The molecule has 0 aromatic carbocycles. The Hall–Kier alpha value is -1.68. The fourth-order valence-electron chi connectivity index (χ4n) is 1.44. The number of aromatic amines is 1. The number of rotatable bonds is 4. The minimum Gasteiger partial charge on any atom is -0.309 e. The normalized spacial score (nSPS) is 10.9.